The van der Waals surface area contributed by atoms with Crippen molar-refractivity contribution in [3.63, 3.8) is 0 Å². The van der Waals surface area contributed by atoms with Crippen LogP contribution in [0.2, 0.25) is 0 Å². The number of rotatable bonds is 5. The first-order valence-electron chi connectivity index (χ1n) is 7.05. The van der Waals surface area contributed by atoms with E-state index >= 15 is 0 Å². The van der Waals surface area contributed by atoms with Gasteiger partial charge in [0.15, 0.2) is 6.17 Å². The third kappa shape index (κ3) is 3.10. The second-order valence-electron chi connectivity index (χ2n) is 5.61. The second-order valence-corrected chi connectivity index (χ2v) is 5.61. The lowest BCUT2D eigenvalue weighted by atomic mass is 10.3. The Morgan fingerprint density at radius 1 is 0.950 bits per heavy atom. The van der Waals surface area contributed by atoms with Crippen LogP contribution in [-0.4, -0.2) is 32.3 Å². The van der Waals surface area contributed by atoms with Crippen LogP contribution in [0.25, 0.3) is 0 Å². The summed E-state index contributed by atoms with van der Waals surface area (Å²) in [6.07, 6.45) is 0.145. The molecule has 2 rings (SSSR count). The van der Waals surface area contributed by atoms with Gasteiger partial charge in [0.1, 0.15) is 0 Å². The van der Waals surface area contributed by atoms with Gasteiger partial charge in [-0.05, 0) is 53.7 Å². The third-order valence-corrected chi connectivity index (χ3v) is 3.23. The lowest BCUT2D eigenvalue weighted by Crippen LogP contribution is -2.28. The van der Waals surface area contributed by atoms with Crippen molar-refractivity contribution in [2.24, 2.45) is 0 Å². The highest BCUT2D eigenvalue weighted by Crippen LogP contribution is 2.17. The fourth-order valence-electron chi connectivity index (χ4n) is 2.42. The summed E-state index contributed by atoms with van der Waals surface area (Å²) in [6, 6.07) is 4.15. The van der Waals surface area contributed by atoms with E-state index in [0.717, 1.165) is 22.8 Å². The molecule has 0 amide bonds. The SMILES string of the molecule is Cc1cc(C)n(C(COC(C)C)n2nc(C)cc2C)n1. The Morgan fingerprint density at radius 2 is 1.40 bits per heavy atom. The Balaban J connectivity index is 2.39. The Bertz CT molecular complexity index is 536. The monoisotopic (exact) mass is 276 g/mol. The maximum atomic E-state index is 5.82. The van der Waals surface area contributed by atoms with Gasteiger partial charge in [-0.25, -0.2) is 9.36 Å². The van der Waals surface area contributed by atoms with E-state index in [1.165, 1.54) is 0 Å². The maximum Gasteiger partial charge on any atom is 0.167 e. The number of hydrogen-bond donors (Lipinski definition) is 0. The maximum absolute atomic E-state index is 5.82. The first-order valence-corrected chi connectivity index (χ1v) is 7.05. The lowest BCUT2D eigenvalue weighted by molar-refractivity contribution is 0.0392. The zero-order valence-electron chi connectivity index (χ0n) is 13.2. The number of aryl methyl sites for hydroxylation is 4. The van der Waals surface area contributed by atoms with Gasteiger partial charge in [-0.2, -0.15) is 10.2 Å². The fourth-order valence-corrected chi connectivity index (χ4v) is 2.42. The normalized spacial score (nSPS) is 11.8. The summed E-state index contributed by atoms with van der Waals surface area (Å²) in [4.78, 5) is 0. The van der Waals surface area contributed by atoms with E-state index in [4.69, 9.17) is 4.74 Å². The molecule has 2 aromatic heterocycles. The molecule has 20 heavy (non-hydrogen) atoms. The Labute approximate surface area is 120 Å². The molecule has 2 heterocycles. The van der Waals surface area contributed by atoms with Crippen molar-refractivity contribution in [3.05, 3.63) is 34.9 Å². The van der Waals surface area contributed by atoms with Gasteiger partial charge in [0.2, 0.25) is 0 Å². The van der Waals surface area contributed by atoms with Crippen LogP contribution >= 0.6 is 0 Å². The number of nitrogens with zero attached hydrogens (tertiary/aromatic N) is 4. The molecule has 2 aromatic rings. The fraction of sp³-hybridized carbons (Fsp3) is 0.600. The van der Waals surface area contributed by atoms with Crippen LogP contribution in [0.4, 0.5) is 0 Å². The van der Waals surface area contributed by atoms with Crippen LogP contribution in [0.5, 0.6) is 0 Å². The van der Waals surface area contributed by atoms with E-state index in [1.807, 2.05) is 37.1 Å². The van der Waals surface area contributed by atoms with Crippen LogP contribution < -0.4 is 0 Å². The van der Waals surface area contributed by atoms with Crippen LogP contribution in [0.3, 0.4) is 0 Å². The first-order chi connectivity index (χ1) is 9.38. The molecule has 0 saturated carbocycles. The van der Waals surface area contributed by atoms with Gasteiger partial charge in [0, 0.05) is 11.4 Å². The van der Waals surface area contributed by atoms with Gasteiger partial charge in [0.05, 0.1) is 24.1 Å². The third-order valence-electron chi connectivity index (χ3n) is 3.23. The minimum Gasteiger partial charge on any atom is -0.375 e. The van der Waals surface area contributed by atoms with Gasteiger partial charge >= 0.3 is 0 Å². The predicted molar refractivity (Wildman–Crippen MR) is 78.9 cm³/mol. The van der Waals surface area contributed by atoms with E-state index < -0.39 is 0 Å². The van der Waals surface area contributed by atoms with E-state index in [0.29, 0.717) is 6.61 Å². The van der Waals surface area contributed by atoms with Gasteiger partial charge < -0.3 is 4.74 Å². The standard InChI is InChI=1S/C15H24N4O/c1-10(2)20-9-15(18-13(5)7-11(3)16-18)19-14(6)8-12(4)17-19/h7-8,10,15H,9H2,1-6H3. The van der Waals surface area contributed by atoms with Crippen LogP contribution in [0.15, 0.2) is 12.1 Å². The number of aromatic nitrogens is 4. The van der Waals surface area contributed by atoms with Crippen molar-refractivity contribution in [2.75, 3.05) is 6.61 Å². The average molecular weight is 276 g/mol. The number of hydrogen-bond acceptors (Lipinski definition) is 3. The van der Waals surface area contributed by atoms with Gasteiger partial charge in [0.25, 0.3) is 0 Å². The Hall–Kier alpha value is -1.62. The summed E-state index contributed by atoms with van der Waals surface area (Å²) in [5, 5.41) is 9.18. The largest absolute Gasteiger partial charge is 0.375 e. The molecule has 5 heteroatoms. The molecular formula is C15H24N4O. The molecule has 110 valence electrons. The minimum absolute atomic E-state index is 0.0419. The smallest absolute Gasteiger partial charge is 0.167 e. The highest BCUT2D eigenvalue weighted by Gasteiger charge is 2.20. The van der Waals surface area contributed by atoms with Crippen molar-refractivity contribution >= 4 is 0 Å². The summed E-state index contributed by atoms with van der Waals surface area (Å²) in [7, 11) is 0. The Morgan fingerprint density at radius 3 is 1.70 bits per heavy atom. The number of ether oxygens (including phenoxy) is 1. The molecule has 5 nitrogen and oxygen atoms in total. The van der Waals surface area contributed by atoms with E-state index in [9.17, 15) is 0 Å². The van der Waals surface area contributed by atoms with Gasteiger partial charge in [-0.1, -0.05) is 0 Å². The zero-order valence-corrected chi connectivity index (χ0v) is 13.2. The van der Waals surface area contributed by atoms with Crippen molar-refractivity contribution in [1.29, 1.82) is 0 Å². The molecule has 0 N–H and O–H groups in total. The highest BCUT2D eigenvalue weighted by molar-refractivity contribution is 5.11. The highest BCUT2D eigenvalue weighted by atomic mass is 16.5. The molecule has 0 aliphatic rings. The quantitative estimate of drug-likeness (QED) is 0.843. The van der Waals surface area contributed by atoms with Crippen LogP contribution in [-0.2, 0) is 4.74 Å². The summed E-state index contributed by atoms with van der Waals surface area (Å²) in [6.45, 7) is 12.8. The predicted octanol–water partition coefficient (Wildman–Crippen LogP) is 2.79. The van der Waals surface area contributed by atoms with Gasteiger partial charge in [-0.3, -0.25) is 0 Å². The molecule has 0 fully saturated rings. The van der Waals surface area contributed by atoms with Crippen molar-refractivity contribution in [1.82, 2.24) is 19.6 Å². The topological polar surface area (TPSA) is 44.9 Å². The molecule has 0 saturated heterocycles. The van der Waals surface area contributed by atoms with E-state index in [2.05, 4.69) is 36.2 Å². The summed E-state index contributed by atoms with van der Waals surface area (Å²) >= 11 is 0. The molecular weight excluding hydrogens is 252 g/mol. The van der Waals surface area contributed by atoms with Gasteiger partial charge in [-0.15, -0.1) is 0 Å². The molecule has 0 unspecified atom stereocenters. The molecule has 0 aliphatic heterocycles. The summed E-state index contributed by atoms with van der Waals surface area (Å²) in [5.41, 5.74) is 4.26. The molecule has 0 atom stereocenters. The molecule has 0 aromatic carbocycles. The average Bonchev–Trinajstić information content (AvgIpc) is 2.82. The van der Waals surface area contributed by atoms with Crippen molar-refractivity contribution in [2.45, 2.75) is 53.8 Å². The Kier molecular flexibility index (Phi) is 4.28. The molecule has 0 aliphatic carbocycles. The summed E-state index contributed by atoms with van der Waals surface area (Å²) < 4.78 is 9.81. The lowest BCUT2D eigenvalue weighted by Gasteiger charge is -2.22. The zero-order chi connectivity index (χ0) is 14.9. The van der Waals surface area contributed by atoms with Crippen LogP contribution in [0.1, 0.15) is 42.8 Å². The van der Waals surface area contributed by atoms with E-state index in [1.54, 1.807) is 0 Å². The first kappa shape index (κ1) is 14.8. The molecule has 0 radical (unpaired) electrons. The minimum atomic E-state index is -0.0419. The second kappa shape index (κ2) is 5.79. The van der Waals surface area contributed by atoms with Crippen molar-refractivity contribution in [3.8, 4) is 0 Å². The molecule has 0 spiro atoms. The van der Waals surface area contributed by atoms with E-state index in [-0.39, 0.29) is 12.3 Å². The van der Waals surface area contributed by atoms with Crippen LogP contribution in [0, 0.1) is 27.7 Å². The van der Waals surface area contributed by atoms with Crippen molar-refractivity contribution < 1.29 is 4.74 Å². The molecule has 0 bridgehead atoms. The summed E-state index contributed by atoms with van der Waals surface area (Å²) in [5.74, 6) is 0.